The predicted octanol–water partition coefficient (Wildman–Crippen LogP) is 1.80. The Morgan fingerprint density at radius 3 is 2.96 bits per heavy atom. The average molecular weight is 338 g/mol. The van der Waals surface area contributed by atoms with Crippen molar-refractivity contribution in [3.63, 3.8) is 0 Å². The summed E-state index contributed by atoms with van der Waals surface area (Å²) in [5, 5.41) is 11.3. The Hall–Kier alpha value is -1.99. The van der Waals surface area contributed by atoms with Gasteiger partial charge in [0.05, 0.1) is 16.4 Å². The molecule has 122 valence electrons. The smallest absolute Gasteiger partial charge is 0.276 e. The van der Waals surface area contributed by atoms with Gasteiger partial charge in [0, 0.05) is 25.7 Å². The lowest BCUT2D eigenvalue weighted by Gasteiger charge is -2.31. The van der Waals surface area contributed by atoms with Crippen LogP contribution in [-0.4, -0.2) is 51.5 Å². The SMILES string of the molecule is Cc1c(C(=O)N2CCNC(C)C2)nnn1-c1ccc(F)c(Cl)c1. The van der Waals surface area contributed by atoms with E-state index in [4.69, 9.17) is 11.6 Å². The van der Waals surface area contributed by atoms with Crippen molar-refractivity contribution in [3.05, 3.63) is 40.4 Å². The Morgan fingerprint density at radius 2 is 2.26 bits per heavy atom. The van der Waals surface area contributed by atoms with Crippen LogP contribution in [0.4, 0.5) is 4.39 Å². The molecule has 2 heterocycles. The second-order valence-electron chi connectivity index (χ2n) is 5.64. The number of piperazine rings is 1. The standard InChI is InChI=1S/C15H17ClFN5O/c1-9-8-21(6-5-18-9)15(23)14-10(2)22(20-19-14)11-3-4-13(17)12(16)7-11/h3-4,7,9,18H,5-6,8H2,1-2H3. The highest BCUT2D eigenvalue weighted by molar-refractivity contribution is 6.30. The maximum Gasteiger partial charge on any atom is 0.276 e. The van der Waals surface area contributed by atoms with Crippen molar-refractivity contribution in [1.29, 1.82) is 0 Å². The monoisotopic (exact) mass is 337 g/mol. The number of benzene rings is 1. The van der Waals surface area contributed by atoms with Crippen molar-refractivity contribution >= 4 is 17.5 Å². The zero-order valence-corrected chi connectivity index (χ0v) is 13.6. The highest BCUT2D eigenvalue weighted by Gasteiger charge is 2.26. The largest absolute Gasteiger partial charge is 0.334 e. The highest BCUT2D eigenvalue weighted by Crippen LogP contribution is 2.20. The molecule has 2 aromatic rings. The van der Waals surface area contributed by atoms with Crippen LogP contribution in [0.2, 0.25) is 5.02 Å². The van der Waals surface area contributed by atoms with E-state index in [0.717, 1.165) is 6.54 Å². The molecule has 1 fully saturated rings. The zero-order chi connectivity index (χ0) is 16.6. The molecular formula is C15H17ClFN5O. The van der Waals surface area contributed by atoms with Gasteiger partial charge in [-0.25, -0.2) is 9.07 Å². The minimum Gasteiger partial charge on any atom is -0.334 e. The van der Waals surface area contributed by atoms with Gasteiger partial charge in [0.2, 0.25) is 0 Å². The van der Waals surface area contributed by atoms with E-state index in [0.29, 0.717) is 30.2 Å². The van der Waals surface area contributed by atoms with Crippen molar-refractivity contribution < 1.29 is 9.18 Å². The molecule has 0 spiro atoms. The summed E-state index contributed by atoms with van der Waals surface area (Å²) in [4.78, 5) is 14.4. The van der Waals surface area contributed by atoms with E-state index < -0.39 is 5.82 Å². The van der Waals surface area contributed by atoms with E-state index in [1.165, 1.54) is 16.8 Å². The molecule has 0 aliphatic carbocycles. The second-order valence-corrected chi connectivity index (χ2v) is 6.05. The van der Waals surface area contributed by atoms with Gasteiger partial charge in [-0.3, -0.25) is 4.79 Å². The van der Waals surface area contributed by atoms with Crippen LogP contribution < -0.4 is 5.32 Å². The summed E-state index contributed by atoms with van der Waals surface area (Å²) in [5.41, 5.74) is 1.47. The summed E-state index contributed by atoms with van der Waals surface area (Å²) < 4.78 is 14.8. The third kappa shape index (κ3) is 3.07. The molecule has 6 nitrogen and oxygen atoms in total. The number of hydrogen-bond acceptors (Lipinski definition) is 4. The van der Waals surface area contributed by atoms with E-state index in [2.05, 4.69) is 15.6 Å². The molecule has 8 heteroatoms. The quantitative estimate of drug-likeness (QED) is 0.907. The number of rotatable bonds is 2. The molecule has 1 aromatic carbocycles. The van der Waals surface area contributed by atoms with Gasteiger partial charge in [0.15, 0.2) is 5.69 Å². The summed E-state index contributed by atoms with van der Waals surface area (Å²) in [7, 11) is 0. The minimum absolute atomic E-state index is 0.00112. The maximum absolute atomic E-state index is 13.3. The van der Waals surface area contributed by atoms with Gasteiger partial charge < -0.3 is 10.2 Å². The van der Waals surface area contributed by atoms with Gasteiger partial charge in [-0.1, -0.05) is 16.8 Å². The number of amides is 1. The van der Waals surface area contributed by atoms with Crippen LogP contribution >= 0.6 is 11.6 Å². The molecule has 1 aromatic heterocycles. The minimum atomic E-state index is -0.501. The Kier molecular flexibility index (Phi) is 4.32. The summed E-state index contributed by atoms with van der Waals surface area (Å²) in [6, 6.07) is 4.51. The summed E-state index contributed by atoms with van der Waals surface area (Å²) in [6.07, 6.45) is 0. The fraction of sp³-hybridized carbons (Fsp3) is 0.400. The van der Waals surface area contributed by atoms with Gasteiger partial charge in [-0.05, 0) is 32.0 Å². The topological polar surface area (TPSA) is 63.1 Å². The third-order valence-corrected chi connectivity index (χ3v) is 4.19. The first-order chi connectivity index (χ1) is 11.0. The van der Waals surface area contributed by atoms with Crippen molar-refractivity contribution in [3.8, 4) is 5.69 Å². The molecule has 0 bridgehead atoms. The summed E-state index contributed by atoms with van der Waals surface area (Å²) in [6.45, 7) is 5.82. The lowest BCUT2D eigenvalue weighted by Crippen LogP contribution is -2.51. The highest BCUT2D eigenvalue weighted by atomic mass is 35.5. The fourth-order valence-electron chi connectivity index (χ4n) is 2.66. The van der Waals surface area contributed by atoms with E-state index in [9.17, 15) is 9.18 Å². The van der Waals surface area contributed by atoms with Gasteiger partial charge in [-0.2, -0.15) is 0 Å². The molecule has 1 saturated heterocycles. The van der Waals surface area contributed by atoms with E-state index >= 15 is 0 Å². The molecular weight excluding hydrogens is 321 g/mol. The number of halogens is 2. The van der Waals surface area contributed by atoms with Gasteiger partial charge in [-0.15, -0.1) is 5.10 Å². The Bertz CT molecular complexity index is 747. The summed E-state index contributed by atoms with van der Waals surface area (Å²) in [5.74, 6) is -0.644. The number of carbonyl (C=O) groups is 1. The normalized spacial score (nSPS) is 18.3. The van der Waals surface area contributed by atoms with Gasteiger partial charge in [0.25, 0.3) is 5.91 Å². The van der Waals surface area contributed by atoms with E-state index in [1.54, 1.807) is 17.9 Å². The maximum atomic E-state index is 13.3. The zero-order valence-electron chi connectivity index (χ0n) is 12.9. The predicted molar refractivity (Wildman–Crippen MR) is 84.4 cm³/mol. The fourth-order valence-corrected chi connectivity index (χ4v) is 2.83. The molecule has 23 heavy (non-hydrogen) atoms. The van der Waals surface area contributed by atoms with E-state index in [1.807, 2.05) is 6.92 Å². The van der Waals surface area contributed by atoms with E-state index in [-0.39, 0.29) is 17.0 Å². The molecule has 1 unspecified atom stereocenters. The Balaban J connectivity index is 1.89. The molecule has 1 aliphatic rings. The summed E-state index contributed by atoms with van der Waals surface area (Å²) >= 11 is 5.80. The number of carbonyl (C=O) groups excluding carboxylic acids is 1. The van der Waals surface area contributed by atoms with Crippen LogP contribution in [0.1, 0.15) is 23.1 Å². The lowest BCUT2D eigenvalue weighted by atomic mass is 10.2. The van der Waals surface area contributed by atoms with Crippen LogP contribution in [0, 0.1) is 12.7 Å². The second kappa shape index (κ2) is 6.25. The van der Waals surface area contributed by atoms with Crippen LogP contribution in [0.3, 0.4) is 0 Å². The first-order valence-electron chi connectivity index (χ1n) is 7.37. The van der Waals surface area contributed by atoms with Crippen molar-refractivity contribution in [2.45, 2.75) is 19.9 Å². The number of nitrogens with one attached hydrogen (secondary N) is 1. The molecule has 0 saturated carbocycles. The number of aromatic nitrogens is 3. The van der Waals surface area contributed by atoms with Crippen molar-refractivity contribution in [2.24, 2.45) is 0 Å². The van der Waals surface area contributed by atoms with Crippen LogP contribution in [-0.2, 0) is 0 Å². The third-order valence-electron chi connectivity index (χ3n) is 3.90. The number of hydrogen-bond donors (Lipinski definition) is 1. The van der Waals surface area contributed by atoms with Crippen LogP contribution in [0.5, 0.6) is 0 Å². The molecule has 1 atom stereocenters. The molecule has 3 rings (SSSR count). The molecule has 0 radical (unpaired) electrons. The van der Waals surface area contributed by atoms with Crippen molar-refractivity contribution in [1.82, 2.24) is 25.2 Å². The first kappa shape index (κ1) is 15.9. The van der Waals surface area contributed by atoms with Gasteiger partial charge in [0.1, 0.15) is 5.82 Å². The first-order valence-corrected chi connectivity index (χ1v) is 7.75. The Labute approximate surface area is 138 Å². The van der Waals surface area contributed by atoms with Crippen LogP contribution in [0.25, 0.3) is 5.69 Å². The van der Waals surface area contributed by atoms with Gasteiger partial charge >= 0.3 is 0 Å². The molecule has 1 N–H and O–H groups in total. The van der Waals surface area contributed by atoms with Crippen LogP contribution in [0.15, 0.2) is 18.2 Å². The van der Waals surface area contributed by atoms with Crippen molar-refractivity contribution in [2.75, 3.05) is 19.6 Å². The Morgan fingerprint density at radius 1 is 1.48 bits per heavy atom. The lowest BCUT2D eigenvalue weighted by molar-refractivity contribution is 0.0702. The average Bonchev–Trinajstić information content (AvgIpc) is 2.91. The number of nitrogens with zero attached hydrogens (tertiary/aromatic N) is 4. The molecule has 1 amide bonds. The molecule has 1 aliphatic heterocycles.